The second-order valence-corrected chi connectivity index (χ2v) is 5.13. The molecule has 3 heteroatoms. The molecular weight excluding hydrogens is 212 g/mol. The van der Waals surface area contributed by atoms with Crippen molar-refractivity contribution < 1.29 is 5.11 Å². The molecule has 0 amide bonds. The quantitative estimate of drug-likeness (QED) is 0.834. The van der Waals surface area contributed by atoms with Gasteiger partial charge in [-0.3, -0.25) is 0 Å². The van der Waals surface area contributed by atoms with Crippen molar-refractivity contribution in [1.29, 1.82) is 0 Å². The van der Waals surface area contributed by atoms with Crippen LogP contribution in [0.3, 0.4) is 0 Å². The topological polar surface area (TPSA) is 49.5 Å². The lowest BCUT2D eigenvalue weighted by Gasteiger charge is -2.36. The van der Waals surface area contributed by atoms with Gasteiger partial charge in [0.05, 0.1) is 0 Å². The number of rotatable bonds is 4. The molecular formula is C14H22N2O. The normalized spacial score (nSPS) is 25.3. The average Bonchev–Trinajstić information content (AvgIpc) is 2.61. The standard InChI is InChI=1S/C14H22N2O/c1-16-9-3-6-14(16,7-8-15)11-12-4-2-5-13(17)10-12/h2,4-5,10,17H,3,6-9,11,15H2,1H3/t14-/m1/s1. The van der Waals surface area contributed by atoms with Crippen molar-refractivity contribution in [3.05, 3.63) is 29.8 Å². The summed E-state index contributed by atoms with van der Waals surface area (Å²) in [5, 5.41) is 9.53. The number of hydrogen-bond acceptors (Lipinski definition) is 3. The second-order valence-electron chi connectivity index (χ2n) is 5.13. The highest BCUT2D eigenvalue weighted by Gasteiger charge is 2.37. The molecule has 0 radical (unpaired) electrons. The lowest BCUT2D eigenvalue weighted by atomic mass is 9.85. The van der Waals surface area contributed by atoms with E-state index in [2.05, 4.69) is 18.0 Å². The van der Waals surface area contributed by atoms with Gasteiger partial charge in [-0.05, 0) is 63.5 Å². The van der Waals surface area contributed by atoms with E-state index < -0.39 is 0 Å². The maximum absolute atomic E-state index is 9.53. The predicted octanol–water partition coefficient (Wildman–Crippen LogP) is 1.75. The summed E-state index contributed by atoms with van der Waals surface area (Å²) in [5.41, 5.74) is 7.16. The first-order valence-corrected chi connectivity index (χ1v) is 6.35. The zero-order chi connectivity index (χ0) is 12.3. The Kier molecular flexibility index (Phi) is 3.69. The Bertz CT molecular complexity index is 380. The van der Waals surface area contributed by atoms with E-state index in [0.29, 0.717) is 5.75 Å². The molecule has 3 N–H and O–H groups in total. The highest BCUT2D eigenvalue weighted by molar-refractivity contribution is 5.28. The van der Waals surface area contributed by atoms with E-state index in [1.807, 2.05) is 12.1 Å². The molecule has 1 saturated heterocycles. The van der Waals surface area contributed by atoms with E-state index in [0.717, 1.165) is 25.9 Å². The van der Waals surface area contributed by atoms with Crippen LogP contribution in [0.25, 0.3) is 0 Å². The third-order valence-electron chi connectivity index (χ3n) is 4.00. The van der Waals surface area contributed by atoms with Crippen LogP contribution in [-0.4, -0.2) is 35.7 Å². The highest BCUT2D eigenvalue weighted by atomic mass is 16.3. The van der Waals surface area contributed by atoms with Gasteiger partial charge in [0.2, 0.25) is 0 Å². The van der Waals surface area contributed by atoms with E-state index >= 15 is 0 Å². The van der Waals surface area contributed by atoms with Crippen molar-refractivity contribution in [3.8, 4) is 5.75 Å². The minimum absolute atomic E-state index is 0.197. The fourth-order valence-electron chi connectivity index (χ4n) is 3.02. The van der Waals surface area contributed by atoms with Crippen LogP contribution in [0.2, 0.25) is 0 Å². The molecule has 0 bridgehead atoms. The van der Waals surface area contributed by atoms with Gasteiger partial charge >= 0.3 is 0 Å². The van der Waals surface area contributed by atoms with Crippen LogP contribution < -0.4 is 5.73 Å². The number of hydrogen-bond donors (Lipinski definition) is 2. The number of phenolic OH excluding ortho intramolecular Hbond substituents is 1. The van der Waals surface area contributed by atoms with E-state index in [1.54, 1.807) is 6.07 Å². The number of phenols is 1. The summed E-state index contributed by atoms with van der Waals surface area (Å²) in [7, 11) is 2.19. The van der Waals surface area contributed by atoms with Gasteiger partial charge in [0.15, 0.2) is 0 Å². The fourth-order valence-corrected chi connectivity index (χ4v) is 3.02. The van der Waals surface area contributed by atoms with Crippen LogP contribution in [0, 0.1) is 0 Å². The molecule has 1 aromatic carbocycles. The fraction of sp³-hybridized carbons (Fsp3) is 0.571. The second kappa shape index (κ2) is 5.07. The third kappa shape index (κ3) is 2.61. The van der Waals surface area contributed by atoms with Gasteiger partial charge in [0, 0.05) is 5.54 Å². The average molecular weight is 234 g/mol. The third-order valence-corrected chi connectivity index (χ3v) is 4.00. The van der Waals surface area contributed by atoms with Crippen molar-refractivity contribution >= 4 is 0 Å². The van der Waals surface area contributed by atoms with Crippen molar-refractivity contribution in [1.82, 2.24) is 4.90 Å². The molecule has 0 unspecified atom stereocenters. The molecule has 2 rings (SSSR count). The molecule has 17 heavy (non-hydrogen) atoms. The molecule has 1 heterocycles. The first-order valence-electron chi connectivity index (χ1n) is 6.35. The predicted molar refractivity (Wildman–Crippen MR) is 70.1 cm³/mol. The van der Waals surface area contributed by atoms with Crippen molar-refractivity contribution in [2.75, 3.05) is 20.1 Å². The molecule has 0 aliphatic carbocycles. The van der Waals surface area contributed by atoms with Gasteiger partial charge in [0.25, 0.3) is 0 Å². The van der Waals surface area contributed by atoms with Crippen LogP contribution in [0.15, 0.2) is 24.3 Å². The lowest BCUT2D eigenvalue weighted by Crippen LogP contribution is -2.44. The van der Waals surface area contributed by atoms with Crippen molar-refractivity contribution in [2.45, 2.75) is 31.2 Å². The van der Waals surface area contributed by atoms with E-state index in [4.69, 9.17) is 5.73 Å². The molecule has 0 spiro atoms. The lowest BCUT2D eigenvalue weighted by molar-refractivity contribution is 0.162. The first kappa shape index (κ1) is 12.4. The maximum Gasteiger partial charge on any atom is 0.115 e. The van der Waals surface area contributed by atoms with Crippen molar-refractivity contribution in [3.63, 3.8) is 0 Å². The SMILES string of the molecule is CN1CCC[C@@]1(CCN)Cc1cccc(O)c1. The Balaban J connectivity index is 2.18. The van der Waals surface area contributed by atoms with Gasteiger partial charge in [0.1, 0.15) is 5.75 Å². The molecule has 1 aliphatic heterocycles. The summed E-state index contributed by atoms with van der Waals surface area (Å²) < 4.78 is 0. The molecule has 3 nitrogen and oxygen atoms in total. The molecule has 1 aliphatic rings. The zero-order valence-corrected chi connectivity index (χ0v) is 10.5. The van der Waals surface area contributed by atoms with Crippen LogP contribution in [0.5, 0.6) is 5.75 Å². The van der Waals surface area contributed by atoms with Gasteiger partial charge in [-0.25, -0.2) is 0 Å². The van der Waals surface area contributed by atoms with Crippen LogP contribution in [0.4, 0.5) is 0 Å². The summed E-state index contributed by atoms with van der Waals surface area (Å²) in [6, 6.07) is 7.59. The number of aromatic hydroxyl groups is 1. The van der Waals surface area contributed by atoms with E-state index in [1.165, 1.54) is 18.4 Å². The summed E-state index contributed by atoms with van der Waals surface area (Å²) in [6.07, 6.45) is 4.46. The Morgan fingerprint density at radius 3 is 2.88 bits per heavy atom. The Morgan fingerprint density at radius 1 is 1.47 bits per heavy atom. The van der Waals surface area contributed by atoms with Gasteiger partial charge in [-0.2, -0.15) is 0 Å². The molecule has 0 saturated carbocycles. The zero-order valence-electron chi connectivity index (χ0n) is 10.5. The summed E-state index contributed by atoms with van der Waals surface area (Å²) in [6.45, 7) is 1.88. The van der Waals surface area contributed by atoms with Crippen LogP contribution in [-0.2, 0) is 6.42 Å². The Hall–Kier alpha value is -1.06. The smallest absolute Gasteiger partial charge is 0.115 e. The number of nitrogens with zero attached hydrogens (tertiary/aromatic N) is 1. The first-order chi connectivity index (χ1) is 8.16. The highest BCUT2D eigenvalue weighted by Crippen LogP contribution is 2.34. The largest absolute Gasteiger partial charge is 0.508 e. The minimum atomic E-state index is 0.197. The molecule has 1 atom stereocenters. The Labute approximate surface area is 103 Å². The van der Waals surface area contributed by atoms with Gasteiger partial charge < -0.3 is 15.7 Å². The van der Waals surface area contributed by atoms with E-state index in [9.17, 15) is 5.11 Å². The minimum Gasteiger partial charge on any atom is -0.508 e. The Morgan fingerprint density at radius 2 is 2.29 bits per heavy atom. The molecule has 1 fully saturated rings. The maximum atomic E-state index is 9.53. The van der Waals surface area contributed by atoms with Gasteiger partial charge in [-0.1, -0.05) is 12.1 Å². The van der Waals surface area contributed by atoms with Gasteiger partial charge in [-0.15, -0.1) is 0 Å². The number of nitrogens with two attached hydrogens (primary N) is 1. The number of likely N-dealkylation sites (tertiary alicyclic amines) is 1. The number of likely N-dealkylation sites (N-methyl/N-ethyl adjacent to an activating group) is 1. The van der Waals surface area contributed by atoms with Crippen LogP contribution >= 0.6 is 0 Å². The van der Waals surface area contributed by atoms with Crippen molar-refractivity contribution in [2.24, 2.45) is 5.73 Å². The summed E-state index contributed by atoms with van der Waals surface area (Å²) in [4.78, 5) is 2.43. The molecule has 0 aromatic heterocycles. The van der Waals surface area contributed by atoms with E-state index in [-0.39, 0.29) is 5.54 Å². The number of benzene rings is 1. The molecule has 94 valence electrons. The van der Waals surface area contributed by atoms with Crippen LogP contribution in [0.1, 0.15) is 24.8 Å². The molecule has 1 aromatic rings. The monoisotopic (exact) mass is 234 g/mol. The summed E-state index contributed by atoms with van der Waals surface area (Å²) in [5.74, 6) is 0.353. The summed E-state index contributed by atoms with van der Waals surface area (Å²) >= 11 is 0.